The number of hydrogen-bond acceptors (Lipinski definition) is 1. The lowest BCUT2D eigenvalue weighted by molar-refractivity contribution is 0.660. The van der Waals surface area contributed by atoms with Gasteiger partial charge in [0.05, 0.1) is 22.8 Å². The van der Waals surface area contributed by atoms with Gasteiger partial charge in [-0.05, 0) is 112 Å². The van der Waals surface area contributed by atoms with Crippen LogP contribution in [0.4, 0.5) is 11.4 Å². The number of benzene rings is 7. The molecule has 0 saturated heterocycles. The van der Waals surface area contributed by atoms with Crippen molar-refractivity contribution in [3.8, 4) is 16.8 Å². The van der Waals surface area contributed by atoms with E-state index in [0.29, 0.717) is 0 Å². The first-order chi connectivity index (χ1) is 25.5. The fourth-order valence-corrected chi connectivity index (χ4v) is 9.23. The number of fused-ring (bicyclic) bond motifs is 7. The number of rotatable bonds is 5. The standard InChI is InChI=1S/C50H40N2/c1-33-15-13-18-36(31-33)52(48-26-14-25-47-49(48)41-22-10-12-24-45(41)51(47)35-16-5-4-6-17-35)46-30-28-37(38-19-7-8-21-40(38)46)34-27-29-44-42(32-34)39-20-9-11-23-43(39)50(44,2)3/h4-29,31-32,46H,30H2,1-3H3. The van der Waals surface area contributed by atoms with Gasteiger partial charge in [-0.2, -0.15) is 0 Å². The molecule has 0 bridgehead atoms. The Bertz CT molecular complexity index is 2710. The third-order valence-corrected chi connectivity index (χ3v) is 11.6. The number of aryl methyl sites for hydroxylation is 1. The summed E-state index contributed by atoms with van der Waals surface area (Å²) in [5.41, 5.74) is 18.1. The van der Waals surface area contributed by atoms with Crippen LogP contribution in [0.15, 0.2) is 170 Å². The Balaban J connectivity index is 1.17. The summed E-state index contributed by atoms with van der Waals surface area (Å²) in [5.74, 6) is 0. The Labute approximate surface area is 305 Å². The fourth-order valence-electron chi connectivity index (χ4n) is 9.23. The molecule has 2 heteroatoms. The van der Waals surface area contributed by atoms with Crippen LogP contribution < -0.4 is 4.90 Å². The van der Waals surface area contributed by atoms with Crippen molar-refractivity contribution in [3.63, 3.8) is 0 Å². The average Bonchev–Trinajstić information content (AvgIpc) is 3.64. The lowest BCUT2D eigenvalue weighted by Gasteiger charge is -2.38. The van der Waals surface area contributed by atoms with Crippen LogP contribution in [-0.4, -0.2) is 4.57 Å². The Morgan fingerprint density at radius 2 is 1.31 bits per heavy atom. The number of para-hydroxylation sites is 2. The van der Waals surface area contributed by atoms with E-state index >= 15 is 0 Å². The second kappa shape index (κ2) is 11.7. The average molecular weight is 669 g/mol. The zero-order chi connectivity index (χ0) is 35.0. The summed E-state index contributed by atoms with van der Waals surface area (Å²) in [6.45, 7) is 6.91. The third-order valence-electron chi connectivity index (χ3n) is 11.6. The molecule has 7 aromatic carbocycles. The van der Waals surface area contributed by atoms with Crippen LogP contribution in [0.5, 0.6) is 0 Å². The Kier molecular flexibility index (Phi) is 6.91. The molecule has 1 aromatic heterocycles. The predicted octanol–water partition coefficient (Wildman–Crippen LogP) is 13.1. The van der Waals surface area contributed by atoms with Crippen LogP contribution in [-0.2, 0) is 5.41 Å². The highest BCUT2D eigenvalue weighted by Crippen LogP contribution is 2.51. The topological polar surface area (TPSA) is 8.17 Å². The molecule has 0 N–H and O–H groups in total. The smallest absolute Gasteiger partial charge is 0.0632 e. The SMILES string of the molecule is Cc1cccc(N(c2cccc3c2c2ccccc2n3-c2ccccc2)C2CC=C(c3ccc4c(c3)-c3ccccc3C4(C)C)c3ccccc32)c1. The normalized spacial score (nSPS) is 15.6. The van der Waals surface area contributed by atoms with Crippen LogP contribution in [0.2, 0.25) is 0 Å². The van der Waals surface area contributed by atoms with E-state index in [1.165, 1.54) is 88.9 Å². The van der Waals surface area contributed by atoms with E-state index in [2.05, 4.69) is 200 Å². The first-order valence-electron chi connectivity index (χ1n) is 18.5. The minimum absolute atomic E-state index is 0.00657. The molecule has 0 spiro atoms. The van der Waals surface area contributed by atoms with Gasteiger partial charge in [0.15, 0.2) is 0 Å². The predicted molar refractivity (Wildman–Crippen MR) is 219 cm³/mol. The van der Waals surface area contributed by atoms with Gasteiger partial charge in [-0.25, -0.2) is 0 Å². The van der Waals surface area contributed by atoms with E-state index < -0.39 is 0 Å². The second-order valence-corrected chi connectivity index (χ2v) is 15.0. The lowest BCUT2D eigenvalue weighted by Crippen LogP contribution is -2.26. The zero-order valence-corrected chi connectivity index (χ0v) is 29.8. The van der Waals surface area contributed by atoms with Crippen molar-refractivity contribution in [3.05, 3.63) is 203 Å². The molecule has 1 atom stereocenters. The van der Waals surface area contributed by atoms with Gasteiger partial charge in [-0.15, -0.1) is 0 Å². The summed E-state index contributed by atoms with van der Waals surface area (Å²) in [6, 6.07) is 60.8. The number of nitrogens with zero attached hydrogens (tertiary/aromatic N) is 2. The number of aromatic nitrogens is 1. The molecule has 0 radical (unpaired) electrons. The maximum atomic E-state index is 2.62. The first-order valence-corrected chi connectivity index (χ1v) is 18.5. The molecule has 1 unspecified atom stereocenters. The van der Waals surface area contributed by atoms with E-state index in [1.807, 2.05) is 0 Å². The zero-order valence-electron chi connectivity index (χ0n) is 29.8. The maximum Gasteiger partial charge on any atom is 0.0632 e. The van der Waals surface area contributed by atoms with Crippen molar-refractivity contribution in [1.82, 2.24) is 4.57 Å². The Hall–Kier alpha value is -6.12. The van der Waals surface area contributed by atoms with Gasteiger partial charge in [0.1, 0.15) is 0 Å². The van der Waals surface area contributed by atoms with Crippen LogP contribution >= 0.6 is 0 Å². The lowest BCUT2D eigenvalue weighted by atomic mass is 9.80. The highest BCUT2D eigenvalue weighted by Gasteiger charge is 2.36. The summed E-state index contributed by atoms with van der Waals surface area (Å²) in [4.78, 5) is 2.62. The van der Waals surface area contributed by atoms with Crippen LogP contribution in [0.1, 0.15) is 59.7 Å². The fraction of sp³-hybridized carbons (Fsp3) is 0.120. The monoisotopic (exact) mass is 668 g/mol. The van der Waals surface area contributed by atoms with Crippen molar-refractivity contribution < 1.29 is 0 Å². The summed E-state index contributed by atoms with van der Waals surface area (Å²) < 4.78 is 2.42. The molecule has 0 aliphatic heterocycles. The number of anilines is 2. The van der Waals surface area contributed by atoms with E-state index in [0.717, 1.165) is 6.42 Å². The summed E-state index contributed by atoms with van der Waals surface area (Å²) in [6.07, 6.45) is 3.38. The number of hydrogen-bond donors (Lipinski definition) is 0. The second-order valence-electron chi connectivity index (χ2n) is 15.0. The molecule has 10 rings (SSSR count). The molecule has 2 nitrogen and oxygen atoms in total. The third kappa shape index (κ3) is 4.57. The molecule has 0 saturated carbocycles. The van der Waals surface area contributed by atoms with Crippen molar-refractivity contribution >= 4 is 38.8 Å². The molecule has 250 valence electrons. The summed E-state index contributed by atoms with van der Waals surface area (Å²) in [7, 11) is 0. The highest BCUT2D eigenvalue weighted by molar-refractivity contribution is 6.16. The molecule has 52 heavy (non-hydrogen) atoms. The van der Waals surface area contributed by atoms with Gasteiger partial charge in [-0.1, -0.05) is 135 Å². The van der Waals surface area contributed by atoms with Crippen molar-refractivity contribution in [1.29, 1.82) is 0 Å². The summed E-state index contributed by atoms with van der Waals surface area (Å²) >= 11 is 0. The molecule has 0 fully saturated rings. The molecular formula is C50H40N2. The molecule has 0 amide bonds. The highest BCUT2D eigenvalue weighted by atomic mass is 15.2. The minimum Gasteiger partial charge on any atom is -0.333 e. The van der Waals surface area contributed by atoms with E-state index in [4.69, 9.17) is 0 Å². The van der Waals surface area contributed by atoms with E-state index in [-0.39, 0.29) is 11.5 Å². The first kappa shape index (κ1) is 30.7. The molecule has 2 aliphatic rings. The largest absolute Gasteiger partial charge is 0.333 e. The van der Waals surface area contributed by atoms with Gasteiger partial charge in [0.2, 0.25) is 0 Å². The van der Waals surface area contributed by atoms with Crippen molar-refractivity contribution in [2.75, 3.05) is 4.90 Å². The van der Waals surface area contributed by atoms with Gasteiger partial charge < -0.3 is 9.47 Å². The van der Waals surface area contributed by atoms with Crippen molar-refractivity contribution in [2.24, 2.45) is 0 Å². The molecular weight excluding hydrogens is 629 g/mol. The molecule has 1 heterocycles. The van der Waals surface area contributed by atoms with Gasteiger partial charge >= 0.3 is 0 Å². The van der Waals surface area contributed by atoms with Gasteiger partial charge in [-0.3, -0.25) is 0 Å². The van der Waals surface area contributed by atoms with E-state index in [1.54, 1.807) is 0 Å². The van der Waals surface area contributed by atoms with E-state index in [9.17, 15) is 0 Å². The Morgan fingerprint density at radius 1 is 0.596 bits per heavy atom. The van der Waals surface area contributed by atoms with Gasteiger partial charge in [0.25, 0.3) is 0 Å². The summed E-state index contributed by atoms with van der Waals surface area (Å²) in [5, 5.41) is 2.53. The molecule has 2 aliphatic carbocycles. The Morgan fingerprint density at radius 3 is 2.17 bits per heavy atom. The molecule has 8 aromatic rings. The van der Waals surface area contributed by atoms with Crippen molar-refractivity contribution in [2.45, 2.75) is 38.6 Å². The quantitative estimate of drug-likeness (QED) is 0.177. The van der Waals surface area contributed by atoms with Crippen LogP contribution in [0, 0.1) is 6.92 Å². The van der Waals surface area contributed by atoms with Crippen LogP contribution in [0.3, 0.4) is 0 Å². The minimum atomic E-state index is -0.00657. The van der Waals surface area contributed by atoms with Gasteiger partial charge in [0, 0.05) is 27.6 Å². The van der Waals surface area contributed by atoms with Crippen LogP contribution in [0.25, 0.3) is 44.2 Å². The maximum absolute atomic E-state index is 2.62.